The first-order valence-electron chi connectivity index (χ1n) is 12.4. The van der Waals surface area contributed by atoms with Gasteiger partial charge in [-0.1, -0.05) is 6.92 Å². The van der Waals surface area contributed by atoms with Crippen LogP contribution in [0.15, 0.2) is 47.5 Å². The van der Waals surface area contributed by atoms with Crippen LogP contribution in [0.4, 0.5) is 8.78 Å². The molecular formula is C26H30F2N4O3S. The summed E-state index contributed by atoms with van der Waals surface area (Å²) in [5, 5.41) is 3.80. The molecule has 10 heteroatoms. The highest BCUT2D eigenvalue weighted by Crippen LogP contribution is 2.40. The Morgan fingerprint density at radius 3 is 2.53 bits per heavy atom. The Bertz CT molecular complexity index is 1370. The fraction of sp³-hybridized carbons (Fsp3) is 0.462. The predicted molar refractivity (Wildman–Crippen MR) is 133 cm³/mol. The maximum absolute atomic E-state index is 13.6. The summed E-state index contributed by atoms with van der Waals surface area (Å²) >= 11 is 0. The molecule has 3 heterocycles. The minimum absolute atomic E-state index is 0.00535. The zero-order valence-corrected chi connectivity index (χ0v) is 21.0. The van der Waals surface area contributed by atoms with E-state index in [1.54, 1.807) is 19.1 Å². The van der Waals surface area contributed by atoms with Crippen LogP contribution in [0.5, 0.6) is 0 Å². The van der Waals surface area contributed by atoms with E-state index in [4.69, 9.17) is 0 Å². The first-order chi connectivity index (χ1) is 17.1. The molecule has 36 heavy (non-hydrogen) atoms. The number of alkyl halides is 2. The zero-order chi connectivity index (χ0) is 25.5. The number of hydrogen-bond acceptors (Lipinski definition) is 5. The number of halogens is 2. The predicted octanol–water partition coefficient (Wildman–Crippen LogP) is 4.33. The van der Waals surface area contributed by atoms with Gasteiger partial charge >= 0.3 is 0 Å². The molecular weight excluding hydrogens is 486 g/mol. The molecule has 5 rings (SSSR count). The molecule has 0 radical (unpaired) electrons. The quantitative estimate of drug-likeness (QED) is 0.482. The van der Waals surface area contributed by atoms with Crippen molar-refractivity contribution in [3.8, 4) is 0 Å². The number of rotatable bonds is 8. The lowest BCUT2D eigenvalue weighted by Gasteiger charge is -2.31. The molecule has 1 aliphatic carbocycles. The number of amides is 1. The van der Waals surface area contributed by atoms with E-state index >= 15 is 0 Å². The van der Waals surface area contributed by atoms with E-state index in [-0.39, 0.29) is 35.9 Å². The third-order valence-electron chi connectivity index (χ3n) is 7.03. The Kier molecular flexibility index (Phi) is 6.59. The molecule has 1 aliphatic heterocycles. The average Bonchev–Trinajstić information content (AvgIpc) is 3.64. The summed E-state index contributed by atoms with van der Waals surface area (Å²) in [4.78, 5) is 19.2. The molecule has 2 aliphatic rings. The van der Waals surface area contributed by atoms with Crippen molar-refractivity contribution < 1.29 is 22.0 Å². The number of carbonyl (C=O) groups is 1. The van der Waals surface area contributed by atoms with Crippen LogP contribution in [0.2, 0.25) is 0 Å². The SMILES string of the molecule is CCS(=O)(=O)c1ccc(CNC(=O)c2ccc3c(c2)cc(CN2CCC(F)(F)CC2)n3C2CC2)nc1. The molecule has 2 fully saturated rings. The van der Waals surface area contributed by atoms with Gasteiger partial charge in [0.1, 0.15) is 0 Å². The highest BCUT2D eigenvalue weighted by Gasteiger charge is 2.35. The van der Waals surface area contributed by atoms with Crippen molar-refractivity contribution in [2.75, 3.05) is 18.8 Å². The molecule has 192 valence electrons. The number of aromatic nitrogens is 2. The Labute approximate surface area is 209 Å². The summed E-state index contributed by atoms with van der Waals surface area (Å²) < 4.78 is 53.3. The fourth-order valence-electron chi connectivity index (χ4n) is 4.73. The number of nitrogens with one attached hydrogen (secondary N) is 1. The highest BCUT2D eigenvalue weighted by atomic mass is 32.2. The van der Waals surface area contributed by atoms with E-state index in [1.807, 2.05) is 12.1 Å². The second-order valence-electron chi connectivity index (χ2n) is 9.71. The number of nitrogens with zero attached hydrogens (tertiary/aromatic N) is 3. The van der Waals surface area contributed by atoms with Gasteiger partial charge in [-0.15, -0.1) is 0 Å². The highest BCUT2D eigenvalue weighted by molar-refractivity contribution is 7.91. The number of benzene rings is 1. The lowest BCUT2D eigenvalue weighted by Crippen LogP contribution is -2.39. The summed E-state index contributed by atoms with van der Waals surface area (Å²) in [6.45, 7) is 3.14. The fourth-order valence-corrected chi connectivity index (χ4v) is 5.55. The standard InChI is InChI=1S/C26H30F2N4O3S/c1-2-36(34,35)23-7-4-20(29-16-23)15-30-25(33)18-3-8-24-19(13-18)14-22(32(24)21-5-6-21)17-31-11-9-26(27,28)10-12-31/h3-4,7-8,13-14,16,21H,2,5-6,9-12,15,17H2,1H3,(H,30,33). The first kappa shape index (κ1) is 24.8. The van der Waals surface area contributed by atoms with E-state index in [0.717, 1.165) is 29.4 Å². The summed E-state index contributed by atoms with van der Waals surface area (Å²) in [7, 11) is -3.32. The van der Waals surface area contributed by atoms with E-state index in [9.17, 15) is 22.0 Å². The van der Waals surface area contributed by atoms with Gasteiger partial charge < -0.3 is 9.88 Å². The van der Waals surface area contributed by atoms with Crippen molar-refractivity contribution >= 4 is 26.6 Å². The molecule has 1 amide bonds. The van der Waals surface area contributed by atoms with Crippen molar-refractivity contribution in [1.82, 2.24) is 19.8 Å². The Hall–Kier alpha value is -2.85. The van der Waals surface area contributed by atoms with Gasteiger partial charge in [0.05, 0.1) is 22.9 Å². The van der Waals surface area contributed by atoms with Crippen molar-refractivity contribution in [2.24, 2.45) is 0 Å². The molecule has 1 aromatic carbocycles. The van der Waals surface area contributed by atoms with Gasteiger partial charge in [0, 0.05) is 66.9 Å². The van der Waals surface area contributed by atoms with Gasteiger partial charge in [-0.3, -0.25) is 14.7 Å². The molecule has 7 nitrogen and oxygen atoms in total. The molecule has 0 atom stereocenters. The van der Waals surface area contributed by atoms with Gasteiger partial charge in [0.25, 0.3) is 11.8 Å². The second kappa shape index (κ2) is 9.55. The molecule has 1 saturated heterocycles. The summed E-state index contributed by atoms with van der Waals surface area (Å²) in [5.41, 5.74) is 3.24. The van der Waals surface area contributed by atoms with Crippen molar-refractivity contribution in [1.29, 1.82) is 0 Å². The lowest BCUT2D eigenvalue weighted by atomic mass is 10.1. The normalized spacial score (nSPS) is 18.4. The van der Waals surface area contributed by atoms with Crippen LogP contribution in [-0.4, -0.2) is 53.5 Å². The molecule has 0 bridgehead atoms. The molecule has 2 aromatic heterocycles. The monoisotopic (exact) mass is 516 g/mol. The minimum atomic E-state index is -3.32. The maximum Gasteiger partial charge on any atom is 0.251 e. The Morgan fingerprint density at radius 2 is 1.89 bits per heavy atom. The Balaban J connectivity index is 1.29. The topological polar surface area (TPSA) is 84.3 Å². The van der Waals surface area contributed by atoms with Gasteiger partial charge in [-0.25, -0.2) is 17.2 Å². The van der Waals surface area contributed by atoms with Gasteiger partial charge in [0.15, 0.2) is 9.84 Å². The van der Waals surface area contributed by atoms with E-state index in [2.05, 4.69) is 25.8 Å². The number of pyridine rings is 1. The third kappa shape index (κ3) is 5.29. The zero-order valence-electron chi connectivity index (χ0n) is 20.2. The van der Waals surface area contributed by atoms with Crippen LogP contribution in [0, 0.1) is 0 Å². The molecule has 3 aromatic rings. The first-order valence-corrected chi connectivity index (χ1v) is 14.0. The number of fused-ring (bicyclic) bond motifs is 1. The number of carbonyl (C=O) groups excluding carboxylic acids is 1. The van der Waals surface area contributed by atoms with Crippen LogP contribution in [-0.2, 0) is 22.9 Å². The van der Waals surface area contributed by atoms with Gasteiger partial charge in [0.2, 0.25) is 0 Å². The maximum atomic E-state index is 13.6. The summed E-state index contributed by atoms with van der Waals surface area (Å²) in [5.74, 6) is -2.80. The van der Waals surface area contributed by atoms with Crippen LogP contribution in [0.25, 0.3) is 10.9 Å². The smallest absolute Gasteiger partial charge is 0.251 e. The number of piperidine rings is 1. The third-order valence-corrected chi connectivity index (χ3v) is 8.75. The van der Waals surface area contributed by atoms with E-state index in [0.29, 0.717) is 36.9 Å². The number of sulfone groups is 1. The van der Waals surface area contributed by atoms with Crippen LogP contribution < -0.4 is 5.32 Å². The minimum Gasteiger partial charge on any atom is -0.346 e. The second-order valence-corrected chi connectivity index (χ2v) is 12.0. The van der Waals surface area contributed by atoms with Crippen LogP contribution in [0.3, 0.4) is 0 Å². The van der Waals surface area contributed by atoms with E-state index in [1.165, 1.54) is 12.3 Å². The average molecular weight is 517 g/mol. The van der Waals surface area contributed by atoms with Gasteiger partial charge in [-0.2, -0.15) is 0 Å². The van der Waals surface area contributed by atoms with Crippen LogP contribution >= 0.6 is 0 Å². The summed E-state index contributed by atoms with van der Waals surface area (Å²) in [6, 6.07) is 11.2. The largest absolute Gasteiger partial charge is 0.346 e. The van der Waals surface area contributed by atoms with E-state index < -0.39 is 15.8 Å². The van der Waals surface area contributed by atoms with Crippen molar-refractivity contribution in [3.05, 3.63) is 59.5 Å². The summed E-state index contributed by atoms with van der Waals surface area (Å²) in [6.07, 6.45) is 3.31. The molecule has 0 spiro atoms. The number of likely N-dealkylation sites (tertiary alicyclic amines) is 1. The molecule has 1 saturated carbocycles. The molecule has 1 N–H and O–H groups in total. The number of hydrogen-bond donors (Lipinski definition) is 1. The van der Waals surface area contributed by atoms with Crippen LogP contribution in [0.1, 0.15) is 60.4 Å². The lowest BCUT2D eigenvalue weighted by molar-refractivity contribution is -0.0569. The Morgan fingerprint density at radius 1 is 1.14 bits per heavy atom. The van der Waals surface area contributed by atoms with Crippen molar-refractivity contribution in [3.63, 3.8) is 0 Å². The van der Waals surface area contributed by atoms with Crippen molar-refractivity contribution in [2.45, 2.75) is 62.6 Å². The van der Waals surface area contributed by atoms with Gasteiger partial charge in [-0.05, 0) is 49.2 Å². The molecule has 0 unspecified atom stereocenters.